The third-order valence-electron chi connectivity index (χ3n) is 4.12. The Bertz CT molecular complexity index is 908. The second kappa shape index (κ2) is 8.40. The van der Waals surface area contributed by atoms with Crippen molar-refractivity contribution in [1.82, 2.24) is 9.97 Å². The average molecular weight is 364 g/mol. The van der Waals surface area contributed by atoms with E-state index in [4.69, 9.17) is 0 Å². The quantitative estimate of drug-likeness (QED) is 0.671. The zero-order chi connectivity index (χ0) is 19.2. The molecule has 0 saturated heterocycles. The predicted octanol–water partition coefficient (Wildman–Crippen LogP) is 4.60. The second-order valence-corrected chi connectivity index (χ2v) is 6.50. The van der Waals surface area contributed by atoms with E-state index in [9.17, 15) is 9.18 Å². The van der Waals surface area contributed by atoms with Crippen molar-refractivity contribution in [2.45, 2.75) is 26.3 Å². The zero-order valence-corrected chi connectivity index (χ0v) is 15.2. The summed E-state index contributed by atoms with van der Waals surface area (Å²) in [6.07, 6.45) is 1.34. The Morgan fingerprint density at radius 2 is 1.74 bits per heavy atom. The number of carbonyl (C=O) groups is 1. The molecule has 1 heterocycles. The van der Waals surface area contributed by atoms with Crippen molar-refractivity contribution in [1.29, 1.82) is 0 Å². The van der Waals surface area contributed by atoms with Crippen LogP contribution in [0.15, 0.2) is 60.9 Å². The van der Waals surface area contributed by atoms with Gasteiger partial charge in [-0.3, -0.25) is 4.79 Å². The summed E-state index contributed by atoms with van der Waals surface area (Å²) in [5.41, 5.74) is 3.09. The van der Waals surface area contributed by atoms with Crippen LogP contribution < -0.4 is 10.6 Å². The van der Waals surface area contributed by atoms with E-state index in [1.54, 1.807) is 18.2 Å². The highest BCUT2D eigenvalue weighted by atomic mass is 19.1. The minimum atomic E-state index is -0.306. The van der Waals surface area contributed by atoms with Gasteiger partial charge in [0.15, 0.2) is 0 Å². The summed E-state index contributed by atoms with van der Waals surface area (Å²) in [4.78, 5) is 20.6. The number of anilines is 2. The van der Waals surface area contributed by atoms with Gasteiger partial charge < -0.3 is 10.6 Å². The van der Waals surface area contributed by atoms with Gasteiger partial charge in [-0.1, -0.05) is 38.1 Å². The smallest absolute Gasteiger partial charge is 0.274 e. The molecule has 5 nitrogen and oxygen atoms in total. The molecule has 0 bridgehead atoms. The zero-order valence-electron chi connectivity index (χ0n) is 15.2. The van der Waals surface area contributed by atoms with Crippen molar-refractivity contribution in [3.8, 4) is 0 Å². The molecular weight excluding hydrogens is 343 g/mol. The molecule has 138 valence electrons. The van der Waals surface area contributed by atoms with Crippen molar-refractivity contribution < 1.29 is 9.18 Å². The van der Waals surface area contributed by atoms with Gasteiger partial charge in [0.05, 0.1) is 0 Å². The first-order valence-electron chi connectivity index (χ1n) is 8.73. The molecule has 27 heavy (non-hydrogen) atoms. The van der Waals surface area contributed by atoms with Gasteiger partial charge in [-0.25, -0.2) is 14.4 Å². The van der Waals surface area contributed by atoms with Gasteiger partial charge in [0, 0.05) is 18.3 Å². The van der Waals surface area contributed by atoms with E-state index < -0.39 is 0 Å². The number of aromatic nitrogens is 2. The highest BCUT2D eigenvalue weighted by Crippen LogP contribution is 2.18. The summed E-state index contributed by atoms with van der Waals surface area (Å²) in [6, 6.07) is 15.5. The molecule has 3 rings (SSSR count). The van der Waals surface area contributed by atoms with Crippen LogP contribution in [0.4, 0.5) is 15.9 Å². The van der Waals surface area contributed by atoms with Crippen LogP contribution in [0, 0.1) is 5.82 Å². The number of rotatable bonds is 6. The van der Waals surface area contributed by atoms with Gasteiger partial charge in [0.1, 0.15) is 23.7 Å². The number of amides is 1. The fourth-order valence-electron chi connectivity index (χ4n) is 2.52. The molecule has 3 aromatic rings. The Balaban J connectivity index is 1.63. The Morgan fingerprint density at radius 1 is 1.04 bits per heavy atom. The number of hydrogen-bond acceptors (Lipinski definition) is 4. The molecular formula is C21H21FN4O. The molecule has 0 aliphatic rings. The first-order valence-corrected chi connectivity index (χ1v) is 8.73. The van der Waals surface area contributed by atoms with E-state index in [1.165, 1.54) is 24.0 Å². The number of hydrogen-bond donors (Lipinski definition) is 2. The second-order valence-electron chi connectivity index (χ2n) is 6.50. The molecule has 0 unspecified atom stereocenters. The van der Waals surface area contributed by atoms with E-state index in [1.807, 2.05) is 24.3 Å². The standard InChI is InChI=1S/C21H21FN4O/c1-14(2)16-5-9-18(10-6-16)26-21(27)19-11-20(25-13-24-19)23-12-15-3-7-17(22)8-4-15/h3-11,13-14H,12H2,1-2H3,(H,26,27)(H,23,24,25). The molecule has 0 fully saturated rings. The maximum absolute atomic E-state index is 12.9. The predicted molar refractivity (Wildman–Crippen MR) is 104 cm³/mol. The third kappa shape index (κ3) is 5.10. The SMILES string of the molecule is CC(C)c1ccc(NC(=O)c2cc(NCc3ccc(F)cc3)ncn2)cc1. The van der Waals surface area contributed by atoms with Gasteiger partial charge in [-0.15, -0.1) is 0 Å². The van der Waals surface area contributed by atoms with E-state index >= 15 is 0 Å². The van der Waals surface area contributed by atoms with E-state index in [-0.39, 0.29) is 17.4 Å². The Hall–Kier alpha value is -3.28. The molecule has 1 amide bonds. The maximum Gasteiger partial charge on any atom is 0.274 e. The van der Waals surface area contributed by atoms with Crippen LogP contribution in [0.1, 0.15) is 41.4 Å². The Kier molecular flexibility index (Phi) is 5.76. The molecule has 1 aromatic heterocycles. The maximum atomic E-state index is 12.9. The monoisotopic (exact) mass is 364 g/mol. The van der Waals surface area contributed by atoms with E-state index in [2.05, 4.69) is 34.4 Å². The van der Waals surface area contributed by atoms with E-state index in [0.717, 1.165) is 5.56 Å². The molecule has 0 radical (unpaired) electrons. The van der Waals surface area contributed by atoms with Crippen LogP contribution in [-0.2, 0) is 6.54 Å². The van der Waals surface area contributed by atoms with Crippen molar-refractivity contribution in [3.63, 3.8) is 0 Å². The van der Waals surface area contributed by atoms with Crippen LogP contribution in [0.5, 0.6) is 0 Å². The van der Waals surface area contributed by atoms with Crippen molar-refractivity contribution in [2.75, 3.05) is 10.6 Å². The summed E-state index contributed by atoms with van der Waals surface area (Å²) in [5.74, 6) is 0.377. The molecule has 0 aliphatic carbocycles. The third-order valence-corrected chi connectivity index (χ3v) is 4.12. The van der Waals surface area contributed by atoms with Gasteiger partial charge in [-0.05, 0) is 41.3 Å². The van der Waals surface area contributed by atoms with Gasteiger partial charge in [0.25, 0.3) is 5.91 Å². The van der Waals surface area contributed by atoms with Crippen LogP contribution in [-0.4, -0.2) is 15.9 Å². The van der Waals surface area contributed by atoms with Crippen LogP contribution >= 0.6 is 0 Å². The summed E-state index contributed by atoms with van der Waals surface area (Å²) in [7, 11) is 0. The average Bonchev–Trinajstić information content (AvgIpc) is 2.68. The lowest BCUT2D eigenvalue weighted by atomic mass is 10.0. The summed E-state index contributed by atoms with van der Waals surface area (Å²) in [6.45, 7) is 4.71. The van der Waals surface area contributed by atoms with Crippen molar-refractivity contribution >= 4 is 17.4 Å². The fourth-order valence-corrected chi connectivity index (χ4v) is 2.52. The largest absolute Gasteiger partial charge is 0.366 e. The summed E-state index contributed by atoms with van der Waals surface area (Å²) >= 11 is 0. The minimum absolute atomic E-state index is 0.263. The topological polar surface area (TPSA) is 66.9 Å². The van der Waals surface area contributed by atoms with Crippen molar-refractivity contribution in [3.05, 3.63) is 83.6 Å². The summed E-state index contributed by atoms with van der Waals surface area (Å²) in [5, 5.41) is 5.94. The number of nitrogens with one attached hydrogen (secondary N) is 2. The number of benzene rings is 2. The molecule has 0 spiro atoms. The molecule has 2 aromatic carbocycles. The number of carbonyl (C=O) groups excluding carboxylic acids is 1. The first kappa shape index (κ1) is 18.5. The fraction of sp³-hybridized carbons (Fsp3) is 0.190. The Labute approximate surface area is 157 Å². The summed E-state index contributed by atoms with van der Waals surface area (Å²) < 4.78 is 12.9. The highest BCUT2D eigenvalue weighted by molar-refractivity contribution is 6.03. The van der Waals surface area contributed by atoms with Crippen molar-refractivity contribution in [2.24, 2.45) is 0 Å². The molecule has 0 saturated carbocycles. The normalized spacial score (nSPS) is 10.7. The van der Waals surface area contributed by atoms with Crippen LogP contribution in [0.2, 0.25) is 0 Å². The van der Waals surface area contributed by atoms with Crippen LogP contribution in [0.25, 0.3) is 0 Å². The minimum Gasteiger partial charge on any atom is -0.366 e. The Morgan fingerprint density at radius 3 is 2.41 bits per heavy atom. The first-order chi connectivity index (χ1) is 13.0. The molecule has 0 atom stereocenters. The lowest BCUT2D eigenvalue weighted by Crippen LogP contribution is -2.14. The van der Waals surface area contributed by atoms with Gasteiger partial charge >= 0.3 is 0 Å². The molecule has 0 aliphatic heterocycles. The molecule has 2 N–H and O–H groups in total. The lowest BCUT2D eigenvalue weighted by Gasteiger charge is -2.09. The van der Waals surface area contributed by atoms with Gasteiger partial charge in [0.2, 0.25) is 0 Å². The lowest BCUT2D eigenvalue weighted by molar-refractivity contribution is 0.102. The van der Waals surface area contributed by atoms with Gasteiger partial charge in [-0.2, -0.15) is 0 Å². The molecule has 6 heteroatoms. The highest BCUT2D eigenvalue weighted by Gasteiger charge is 2.10. The van der Waals surface area contributed by atoms with E-state index in [0.29, 0.717) is 24.0 Å². The van der Waals surface area contributed by atoms with Crippen LogP contribution in [0.3, 0.4) is 0 Å². The number of halogens is 1. The number of nitrogens with zero attached hydrogens (tertiary/aromatic N) is 2.